The van der Waals surface area contributed by atoms with Gasteiger partial charge in [-0.3, -0.25) is 9.59 Å². The molecule has 0 aromatic heterocycles. The predicted molar refractivity (Wildman–Crippen MR) is 165 cm³/mol. The van der Waals surface area contributed by atoms with Crippen LogP contribution < -0.4 is 20.5 Å². The van der Waals surface area contributed by atoms with Crippen LogP contribution in [0, 0.1) is 5.92 Å². The summed E-state index contributed by atoms with van der Waals surface area (Å²) >= 11 is 6.14. The van der Waals surface area contributed by atoms with Crippen LogP contribution in [0.25, 0.3) is 0 Å². The van der Waals surface area contributed by atoms with Crippen LogP contribution in [0.3, 0.4) is 0 Å². The molecule has 1 unspecified atom stereocenters. The van der Waals surface area contributed by atoms with Crippen molar-refractivity contribution in [2.24, 2.45) is 21.7 Å². The standard InChI is InChI=1S/C30H33ClN6O5S/c1-19(2)27(29(39)33-17-26(32)38)34-30(36-43(40,41)24-15-13-23(42-3)14-16-24)37-18-25(20-7-5-4-6-8-20)28(35-37)21-9-11-22(31)12-10-21/h4-16,19,25,27H,17-18H2,1-3H3,(H2,32,38)(H,33,39)(H,34,36)/t25?,27-/m0/s1. The summed E-state index contributed by atoms with van der Waals surface area (Å²) in [6.45, 7) is 3.35. The predicted octanol–water partition coefficient (Wildman–Crippen LogP) is 3.11. The average molecular weight is 625 g/mol. The molecule has 11 nitrogen and oxygen atoms in total. The van der Waals surface area contributed by atoms with Gasteiger partial charge in [-0.25, -0.2) is 23.1 Å². The summed E-state index contributed by atoms with van der Waals surface area (Å²) < 4.78 is 34.9. The Bertz CT molecular complexity index is 1610. The zero-order valence-corrected chi connectivity index (χ0v) is 25.5. The van der Waals surface area contributed by atoms with Crippen LogP contribution in [-0.2, 0) is 19.6 Å². The zero-order chi connectivity index (χ0) is 31.1. The first-order chi connectivity index (χ1) is 20.5. The highest BCUT2D eigenvalue weighted by Crippen LogP contribution is 2.30. The molecule has 1 aliphatic rings. The van der Waals surface area contributed by atoms with Gasteiger partial charge in [0.15, 0.2) is 0 Å². The molecule has 1 aliphatic heterocycles. The number of primary amides is 1. The number of carbonyl (C=O) groups excluding carboxylic acids is 2. The highest BCUT2D eigenvalue weighted by Gasteiger charge is 2.34. The SMILES string of the molecule is COc1ccc(S(=O)(=O)NC(=N[C@H](C(=O)NCC(N)=O)C(C)C)N2CC(c3ccccc3)C(c3ccc(Cl)cc3)=N2)cc1. The first-order valence-corrected chi connectivity index (χ1v) is 15.3. The van der Waals surface area contributed by atoms with Crippen molar-refractivity contribution in [3.05, 3.63) is 95.0 Å². The van der Waals surface area contributed by atoms with Gasteiger partial charge < -0.3 is 15.8 Å². The molecular formula is C30H33ClN6O5S. The molecule has 0 spiro atoms. The molecule has 3 aromatic carbocycles. The number of guanidine groups is 1. The van der Waals surface area contributed by atoms with E-state index in [2.05, 4.69) is 15.0 Å². The Morgan fingerprint density at radius 1 is 1.07 bits per heavy atom. The molecule has 2 atom stereocenters. The molecule has 4 rings (SSSR count). The minimum atomic E-state index is -4.19. The van der Waals surface area contributed by atoms with Crippen LogP contribution in [0.2, 0.25) is 5.02 Å². The number of benzene rings is 3. The van der Waals surface area contributed by atoms with Crippen LogP contribution in [0.15, 0.2) is 93.9 Å². The van der Waals surface area contributed by atoms with Gasteiger partial charge in [-0.05, 0) is 53.4 Å². The average Bonchev–Trinajstić information content (AvgIpc) is 3.44. The maximum absolute atomic E-state index is 13.6. The van der Waals surface area contributed by atoms with Gasteiger partial charge in [0.05, 0.1) is 30.8 Å². The highest BCUT2D eigenvalue weighted by atomic mass is 35.5. The van der Waals surface area contributed by atoms with E-state index in [4.69, 9.17) is 27.2 Å². The van der Waals surface area contributed by atoms with Gasteiger partial charge in [0.2, 0.25) is 17.8 Å². The molecule has 43 heavy (non-hydrogen) atoms. The van der Waals surface area contributed by atoms with Crippen LogP contribution in [0.1, 0.15) is 30.9 Å². The number of hydrogen-bond acceptors (Lipinski definition) is 7. The van der Waals surface area contributed by atoms with Crippen molar-refractivity contribution in [1.82, 2.24) is 15.0 Å². The Kier molecular flexibility index (Phi) is 10.0. The smallest absolute Gasteiger partial charge is 0.264 e. The van der Waals surface area contributed by atoms with Gasteiger partial charge >= 0.3 is 0 Å². The van der Waals surface area contributed by atoms with E-state index in [1.807, 2.05) is 42.5 Å². The molecule has 226 valence electrons. The Labute approximate surface area is 255 Å². The molecule has 0 bridgehead atoms. The summed E-state index contributed by atoms with van der Waals surface area (Å²) in [6.07, 6.45) is 0. The van der Waals surface area contributed by atoms with Crippen molar-refractivity contribution in [2.75, 3.05) is 20.2 Å². The number of carbonyl (C=O) groups is 2. The number of sulfonamides is 1. The van der Waals surface area contributed by atoms with E-state index in [0.717, 1.165) is 11.1 Å². The number of amides is 2. The fraction of sp³-hybridized carbons (Fsp3) is 0.267. The molecule has 0 fully saturated rings. The minimum Gasteiger partial charge on any atom is -0.497 e. The van der Waals surface area contributed by atoms with Crippen molar-refractivity contribution in [2.45, 2.75) is 30.7 Å². The Morgan fingerprint density at radius 3 is 2.30 bits per heavy atom. The fourth-order valence-corrected chi connectivity index (χ4v) is 5.60. The van der Waals surface area contributed by atoms with E-state index >= 15 is 0 Å². The van der Waals surface area contributed by atoms with Crippen LogP contribution in [-0.4, -0.2) is 63.2 Å². The fourth-order valence-electron chi connectivity index (χ4n) is 4.46. The first kappa shape index (κ1) is 31.5. The molecule has 0 radical (unpaired) electrons. The number of hydrazone groups is 1. The van der Waals surface area contributed by atoms with E-state index < -0.39 is 27.9 Å². The van der Waals surface area contributed by atoms with Gasteiger partial charge in [0, 0.05) is 10.9 Å². The van der Waals surface area contributed by atoms with Gasteiger partial charge in [-0.2, -0.15) is 5.10 Å². The topological polar surface area (TPSA) is 156 Å². The molecule has 0 aliphatic carbocycles. The van der Waals surface area contributed by atoms with Crippen molar-refractivity contribution in [1.29, 1.82) is 0 Å². The minimum absolute atomic E-state index is 0.0408. The lowest BCUT2D eigenvalue weighted by atomic mass is 9.91. The van der Waals surface area contributed by atoms with Crippen LogP contribution in [0.5, 0.6) is 5.75 Å². The lowest BCUT2D eigenvalue weighted by Gasteiger charge is -2.23. The van der Waals surface area contributed by atoms with Crippen molar-refractivity contribution in [3.8, 4) is 5.75 Å². The quantitative estimate of drug-likeness (QED) is 0.232. The number of ether oxygens (including phenoxy) is 1. The molecule has 0 saturated heterocycles. The number of aliphatic imine (C=N–C) groups is 1. The second-order valence-corrected chi connectivity index (χ2v) is 12.3. The van der Waals surface area contributed by atoms with Crippen molar-refractivity contribution >= 4 is 45.1 Å². The summed E-state index contributed by atoms with van der Waals surface area (Å²) in [5, 5.41) is 9.29. The van der Waals surface area contributed by atoms with E-state index in [1.165, 1.54) is 36.4 Å². The number of nitrogens with two attached hydrogens (primary N) is 1. The number of hydrogen-bond donors (Lipinski definition) is 3. The van der Waals surface area contributed by atoms with Gasteiger partial charge in [0.1, 0.15) is 11.8 Å². The largest absolute Gasteiger partial charge is 0.497 e. The van der Waals surface area contributed by atoms with E-state index in [0.29, 0.717) is 16.5 Å². The Morgan fingerprint density at radius 2 is 1.72 bits per heavy atom. The van der Waals surface area contributed by atoms with Gasteiger partial charge in [0.25, 0.3) is 10.0 Å². The zero-order valence-electron chi connectivity index (χ0n) is 23.9. The monoisotopic (exact) mass is 624 g/mol. The number of rotatable bonds is 10. The maximum Gasteiger partial charge on any atom is 0.264 e. The summed E-state index contributed by atoms with van der Waals surface area (Å²) in [5.74, 6) is -1.62. The summed E-state index contributed by atoms with van der Waals surface area (Å²) in [5.41, 5.74) is 7.62. The molecule has 2 amide bonds. The second-order valence-electron chi connectivity index (χ2n) is 10.1. The summed E-state index contributed by atoms with van der Waals surface area (Å²) in [6, 6.07) is 21.6. The lowest BCUT2D eigenvalue weighted by molar-refractivity contribution is -0.126. The second kappa shape index (κ2) is 13.7. The number of halogens is 1. The van der Waals surface area contributed by atoms with Crippen molar-refractivity contribution < 1.29 is 22.7 Å². The summed E-state index contributed by atoms with van der Waals surface area (Å²) in [7, 11) is -2.70. The van der Waals surface area contributed by atoms with Gasteiger partial charge in [-0.15, -0.1) is 0 Å². The molecule has 0 saturated carbocycles. The first-order valence-electron chi connectivity index (χ1n) is 13.5. The molecule has 13 heteroatoms. The van der Waals surface area contributed by atoms with Crippen molar-refractivity contribution in [3.63, 3.8) is 0 Å². The van der Waals surface area contributed by atoms with E-state index in [9.17, 15) is 18.0 Å². The third kappa shape index (κ3) is 7.90. The Balaban J connectivity index is 1.81. The third-order valence-electron chi connectivity index (χ3n) is 6.69. The number of nitrogens with one attached hydrogen (secondary N) is 2. The Hall–Kier alpha value is -4.42. The van der Waals surface area contributed by atoms with Crippen LogP contribution >= 0.6 is 11.6 Å². The lowest BCUT2D eigenvalue weighted by Crippen LogP contribution is -2.46. The molecule has 1 heterocycles. The van der Waals surface area contributed by atoms with E-state index in [-0.39, 0.29) is 35.8 Å². The highest BCUT2D eigenvalue weighted by molar-refractivity contribution is 7.90. The third-order valence-corrected chi connectivity index (χ3v) is 8.29. The van der Waals surface area contributed by atoms with Gasteiger partial charge in [-0.1, -0.05) is 67.9 Å². The van der Waals surface area contributed by atoms with E-state index in [1.54, 1.807) is 26.0 Å². The van der Waals surface area contributed by atoms with Crippen LogP contribution in [0.4, 0.5) is 0 Å². The molecular weight excluding hydrogens is 592 g/mol. The summed E-state index contributed by atoms with van der Waals surface area (Å²) in [4.78, 5) is 28.9. The molecule has 4 N–H and O–H groups in total. The maximum atomic E-state index is 13.6. The normalized spacial score (nSPS) is 16.0. The number of nitrogens with zero attached hydrogens (tertiary/aromatic N) is 3. The number of methoxy groups -OCH3 is 1. The molecule has 3 aromatic rings.